The second kappa shape index (κ2) is 17.0. The number of nitrogens with one attached hydrogen (secondary N) is 3. The average molecular weight is 850 g/mol. The van der Waals surface area contributed by atoms with Gasteiger partial charge in [-0.25, -0.2) is 19.9 Å². The van der Waals surface area contributed by atoms with E-state index in [0.717, 1.165) is 63.2 Å². The van der Waals surface area contributed by atoms with E-state index in [1.165, 1.54) is 39.3 Å². The van der Waals surface area contributed by atoms with Crippen molar-refractivity contribution in [2.75, 3.05) is 64.5 Å². The van der Waals surface area contributed by atoms with Crippen LogP contribution in [0.2, 0.25) is 0 Å². The van der Waals surface area contributed by atoms with E-state index in [1.54, 1.807) is 21.3 Å². The number of nitrogens with two attached hydrogens (primary N) is 1. The van der Waals surface area contributed by atoms with Crippen molar-refractivity contribution >= 4 is 45.1 Å². The number of ether oxygens (including phenoxy) is 2. The lowest BCUT2D eigenvalue weighted by atomic mass is 9.97. The van der Waals surface area contributed by atoms with Crippen LogP contribution in [0.3, 0.4) is 0 Å². The van der Waals surface area contributed by atoms with Gasteiger partial charge in [-0.2, -0.15) is 0 Å². The van der Waals surface area contributed by atoms with Gasteiger partial charge in [-0.05, 0) is 66.1 Å². The molecule has 2 fully saturated rings. The predicted molar refractivity (Wildman–Crippen MR) is 217 cm³/mol. The molecule has 8 heterocycles. The lowest BCUT2D eigenvalue weighted by Gasteiger charge is -2.40. The number of piperidine rings is 2. The molecule has 2 saturated heterocycles. The zero-order valence-electron chi connectivity index (χ0n) is 33.0. The average Bonchev–Trinajstić information content (AvgIpc) is 3.67. The van der Waals surface area contributed by atoms with Crippen molar-refractivity contribution in [1.82, 2.24) is 49.5 Å². The summed E-state index contributed by atoms with van der Waals surface area (Å²) < 4.78 is 13.9. The second-order valence-electron chi connectivity index (χ2n) is 14.3. The summed E-state index contributed by atoms with van der Waals surface area (Å²) in [4.78, 5) is 71.0. The van der Waals surface area contributed by atoms with Gasteiger partial charge in [-0.1, -0.05) is 13.8 Å². The number of carbonyl (C=O) groups excluding carboxylic acids is 2. The number of likely N-dealkylation sites (tertiary alicyclic amines) is 2. The first-order chi connectivity index (χ1) is 27.3. The van der Waals surface area contributed by atoms with E-state index in [-0.39, 0.29) is 22.9 Å². The van der Waals surface area contributed by atoms with Gasteiger partial charge in [0.25, 0.3) is 22.9 Å². The van der Waals surface area contributed by atoms with Gasteiger partial charge in [0, 0.05) is 51.9 Å². The standard InChI is InChI=1S/C19H24N6O3.C14H18BrN3O2.C5H7N3O/c1-4-24-7-5-19(6-8-24)23-17(26)15-12(2)9-13(18(27)25(15)19)22-16-14(28-3)10-20-11-21-16;1-3-17-6-4-14(5-7-17)16-12(19)11-9(2)8-10(15)13(20)18(11)14;1-9-4-2-7-3-8-5(4)6/h9-11H,4-8H2,1-3H3,(H,23,26)(H,20,21,22);8H,3-7H2,1-2H3,(H,16,19);2-3H,1H3,(H2,6,7,8). The van der Waals surface area contributed by atoms with Gasteiger partial charge in [0.1, 0.15) is 41.1 Å². The minimum absolute atomic E-state index is 0.117. The van der Waals surface area contributed by atoms with Crippen molar-refractivity contribution in [3.8, 4) is 11.5 Å². The second-order valence-corrected chi connectivity index (χ2v) is 15.1. The third-order valence-corrected chi connectivity index (χ3v) is 11.6. The van der Waals surface area contributed by atoms with Crippen LogP contribution in [0.25, 0.3) is 0 Å². The highest BCUT2D eigenvalue weighted by Crippen LogP contribution is 2.36. The smallest absolute Gasteiger partial charge is 0.276 e. The largest absolute Gasteiger partial charge is 0.491 e. The molecule has 2 amide bonds. The molecule has 8 rings (SSSR count). The molecule has 5 N–H and O–H groups in total. The molecule has 57 heavy (non-hydrogen) atoms. The molecule has 0 aliphatic carbocycles. The SMILES string of the molecule is CCN1CCC2(CC1)NC(=O)c1c(C)cc(Br)c(=O)n12.CCN1CCC2(CC1)NC(=O)c1c(C)cc(Nc3ncncc3OC)c(=O)n12.COc1cncnc1N. The molecule has 18 nitrogen and oxygen atoms in total. The van der Waals surface area contributed by atoms with Gasteiger partial charge in [-0.3, -0.25) is 28.3 Å². The van der Waals surface area contributed by atoms with Crippen LogP contribution >= 0.6 is 15.9 Å². The number of aromatic nitrogens is 6. The van der Waals surface area contributed by atoms with Crippen LogP contribution in [-0.4, -0.2) is 104 Å². The number of fused-ring (bicyclic) bond motifs is 4. The van der Waals surface area contributed by atoms with Gasteiger partial charge >= 0.3 is 0 Å². The van der Waals surface area contributed by atoms with Crippen LogP contribution in [0.15, 0.2) is 51.2 Å². The number of aryl methyl sites for hydroxylation is 2. The molecule has 2 spiro atoms. The zero-order valence-corrected chi connectivity index (χ0v) is 34.6. The zero-order chi connectivity index (χ0) is 41.1. The highest BCUT2D eigenvalue weighted by Gasteiger charge is 2.47. The number of nitrogen functional groups attached to an aromatic ring is 1. The maximum Gasteiger partial charge on any atom is 0.276 e. The summed E-state index contributed by atoms with van der Waals surface area (Å²) in [6, 6.07) is 3.42. The van der Waals surface area contributed by atoms with E-state index in [4.69, 9.17) is 15.2 Å². The molecule has 4 aliphatic rings. The molecule has 4 aromatic heterocycles. The van der Waals surface area contributed by atoms with E-state index < -0.39 is 11.3 Å². The monoisotopic (exact) mass is 848 g/mol. The molecule has 0 atom stereocenters. The Bertz CT molecular complexity index is 2260. The van der Waals surface area contributed by atoms with E-state index in [2.05, 4.69) is 75.5 Å². The van der Waals surface area contributed by atoms with Crippen molar-refractivity contribution < 1.29 is 19.1 Å². The fraction of sp³-hybridized carbons (Fsp3) is 0.474. The van der Waals surface area contributed by atoms with E-state index in [1.807, 2.05) is 13.8 Å². The number of anilines is 3. The Morgan fingerprint density at radius 1 is 0.754 bits per heavy atom. The van der Waals surface area contributed by atoms with Gasteiger partial charge in [0.2, 0.25) is 0 Å². The number of hydrogen-bond acceptors (Lipinski definition) is 14. The minimum atomic E-state index is -0.673. The summed E-state index contributed by atoms with van der Waals surface area (Å²) in [5, 5.41) is 9.22. The van der Waals surface area contributed by atoms with Crippen molar-refractivity contribution in [1.29, 1.82) is 0 Å². The number of hydrogen-bond donors (Lipinski definition) is 4. The van der Waals surface area contributed by atoms with Crippen LogP contribution in [0, 0.1) is 13.8 Å². The molecule has 0 unspecified atom stereocenters. The number of amides is 2. The Labute approximate surface area is 338 Å². The topological polar surface area (TPSA) is 217 Å². The van der Waals surface area contributed by atoms with Crippen molar-refractivity contribution in [3.63, 3.8) is 0 Å². The molecule has 4 aromatic rings. The predicted octanol–water partition coefficient (Wildman–Crippen LogP) is 2.71. The van der Waals surface area contributed by atoms with Gasteiger partial charge in [-0.15, -0.1) is 0 Å². The molecular formula is C38H49BrN12O6. The van der Waals surface area contributed by atoms with Crippen LogP contribution < -0.4 is 42.3 Å². The fourth-order valence-corrected chi connectivity index (χ4v) is 8.44. The van der Waals surface area contributed by atoms with Crippen LogP contribution in [0.1, 0.15) is 71.6 Å². The van der Waals surface area contributed by atoms with E-state index in [0.29, 0.717) is 57.5 Å². The maximum atomic E-state index is 13.4. The van der Waals surface area contributed by atoms with Gasteiger partial charge in [0.15, 0.2) is 23.1 Å². The summed E-state index contributed by atoms with van der Waals surface area (Å²) in [6.07, 6.45) is 8.74. The lowest BCUT2D eigenvalue weighted by Crippen LogP contribution is -2.54. The summed E-state index contributed by atoms with van der Waals surface area (Å²) in [5.41, 5.74) is 6.67. The summed E-state index contributed by atoms with van der Waals surface area (Å²) in [7, 11) is 3.04. The number of rotatable bonds is 6. The Kier molecular flexibility index (Phi) is 12.3. The fourth-order valence-electron chi connectivity index (χ4n) is 7.92. The van der Waals surface area contributed by atoms with Gasteiger partial charge < -0.3 is 41.0 Å². The summed E-state index contributed by atoms with van der Waals surface area (Å²) in [5.74, 6) is 1.40. The van der Waals surface area contributed by atoms with E-state index >= 15 is 0 Å². The number of halogens is 1. The molecule has 0 bridgehead atoms. The van der Waals surface area contributed by atoms with Crippen LogP contribution in [0.4, 0.5) is 17.3 Å². The molecule has 0 radical (unpaired) electrons. The van der Waals surface area contributed by atoms with Crippen molar-refractivity contribution in [2.45, 2.75) is 64.7 Å². The first-order valence-electron chi connectivity index (χ1n) is 18.8. The molecule has 0 saturated carbocycles. The van der Waals surface area contributed by atoms with Crippen molar-refractivity contribution in [3.05, 3.63) is 84.9 Å². The Hall–Kier alpha value is -5.40. The quantitative estimate of drug-likeness (QED) is 0.220. The number of methoxy groups -OCH3 is 2. The first kappa shape index (κ1) is 41.2. The normalized spacial score (nSPS) is 17.7. The number of carbonyl (C=O) groups is 2. The van der Waals surface area contributed by atoms with Crippen LogP contribution in [-0.2, 0) is 11.3 Å². The third kappa shape index (κ3) is 7.95. The Morgan fingerprint density at radius 3 is 1.70 bits per heavy atom. The van der Waals surface area contributed by atoms with Crippen molar-refractivity contribution in [2.24, 2.45) is 0 Å². The highest BCUT2D eigenvalue weighted by atomic mass is 79.9. The third-order valence-electron chi connectivity index (χ3n) is 11.1. The van der Waals surface area contributed by atoms with Gasteiger partial charge in [0.05, 0.1) is 31.1 Å². The molecule has 0 aromatic carbocycles. The van der Waals surface area contributed by atoms with Crippen LogP contribution in [0.5, 0.6) is 11.5 Å². The number of pyridine rings is 2. The highest BCUT2D eigenvalue weighted by molar-refractivity contribution is 9.10. The number of nitrogens with zero attached hydrogens (tertiary/aromatic N) is 8. The molecular weight excluding hydrogens is 800 g/mol. The first-order valence-corrected chi connectivity index (χ1v) is 19.6. The lowest BCUT2D eigenvalue weighted by molar-refractivity contribution is 0.0753. The van der Waals surface area contributed by atoms with E-state index in [9.17, 15) is 19.2 Å². The maximum absolute atomic E-state index is 13.4. The molecule has 304 valence electrons. The Balaban J connectivity index is 0.000000164. The Morgan fingerprint density at radius 2 is 1.23 bits per heavy atom. The molecule has 19 heteroatoms. The minimum Gasteiger partial charge on any atom is -0.491 e. The summed E-state index contributed by atoms with van der Waals surface area (Å²) in [6.45, 7) is 13.4. The summed E-state index contributed by atoms with van der Waals surface area (Å²) >= 11 is 3.31. The molecule has 4 aliphatic heterocycles.